The van der Waals surface area contributed by atoms with Crippen LogP contribution in [-0.4, -0.2) is 56.3 Å². The molecule has 0 bridgehead atoms. The molecule has 0 spiro atoms. The molecular weight excluding hydrogens is 409 g/mol. The lowest BCUT2D eigenvalue weighted by Crippen LogP contribution is -2.51. The molecule has 0 saturated carbocycles. The first kappa shape index (κ1) is 21.1. The summed E-state index contributed by atoms with van der Waals surface area (Å²) in [6.45, 7) is 0.0834. The third kappa shape index (κ3) is 5.07. The topological polar surface area (TPSA) is 66.9 Å². The summed E-state index contributed by atoms with van der Waals surface area (Å²) in [5.41, 5.74) is -1.02. The number of piperazine rings is 1. The monoisotopic (exact) mass is 428 g/mol. The van der Waals surface area contributed by atoms with Gasteiger partial charge in [-0.2, -0.15) is 17.5 Å². The van der Waals surface area contributed by atoms with Gasteiger partial charge in [0.25, 0.3) is 5.91 Å². The SMILES string of the molecule is O=C(COc1ccccc1)N1CCN(S(=O)(=O)c2cccc(C(F)(F)F)c2)CC1. The molecule has 2 aromatic carbocycles. The number of sulfonamides is 1. The highest BCUT2D eigenvalue weighted by molar-refractivity contribution is 7.89. The van der Waals surface area contributed by atoms with Gasteiger partial charge in [-0.1, -0.05) is 24.3 Å². The molecule has 10 heteroatoms. The lowest BCUT2D eigenvalue weighted by atomic mass is 10.2. The van der Waals surface area contributed by atoms with Crippen molar-refractivity contribution < 1.29 is 31.1 Å². The maximum atomic E-state index is 12.9. The van der Waals surface area contributed by atoms with Crippen LogP contribution in [0.15, 0.2) is 59.5 Å². The predicted octanol–water partition coefficient (Wildman–Crippen LogP) is 2.62. The Morgan fingerprint density at radius 3 is 2.24 bits per heavy atom. The summed E-state index contributed by atoms with van der Waals surface area (Å²) in [5, 5.41) is 0. The molecule has 6 nitrogen and oxygen atoms in total. The van der Waals surface area contributed by atoms with Crippen LogP contribution in [0, 0.1) is 0 Å². The number of carbonyl (C=O) groups excluding carboxylic acids is 1. The minimum Gasteiger partial charge on any atom is -0.484 e. The van der Waals surface area contributed by atoms with Gasteiger partial charge in [0.1, 0.15) is 5.75 Å². The minimum atomic E-state index is -4.63. The number of amides is 1. The van der Waals surface area contributed by atoms with E-state index >= 15 is 0 Å². The number of benzene rings is 2. The van der Waals surface area contributed by atoms with Crippen molar-refractivity contribution in [2.45, 2.75) is 11.1 Å². The van der Waals surface area contributed by atoms with Crippen LogP contribution in [0.5, 0.6) is 5.75 Å². The highest BCUT2D eigenvalue weighted by Crippen LogP contribution is 2.31. The number of hydrogen-bond acceptors (Lipinski definition) is 4. The fourth-order valence-electron chi connectivity index (χ4n) is 2.91. The molecule has 0 atom stereocenters. The molecule has 0 aliphatic carbocycles. The van der Waals surface area contributed by atoms with E-state index in [4.69, 9.17) is 4.74 Å². The Balaban J connectivity index is 1.60. The van der Waals surface area contributed by atoms with E-state index in [9.17, 15) is 26.4 Å². The minimum absolute atomic E-state index is 0.00431. The summed E-state index contributed by atoms with van der Waals surface area (Å²) in [7, 11) is -4.09. The summed E-state index contributed by atoms with van der Waals surface area (Å²) in [6, 6.07) is 12.4. The van der Waals surface area contributed by atoms with Gasteiger partial charge >= 0.3 is 6.18 Å². The van der Waals surface area contributed by atoms with Crippen LogP contribution in [0.2, 0.25) is 0 Å². The van der Waals surface area contributed by atoms with Crippen molar-refractivity contribution >= 4 is 15.9 Å². The second-order valence-electron chi connectivity index (χ2n) is 6.41. The normalized spacial score (nSPS) is 15.9. The van der Waals surface area contributed by atoms with Crippen LogP contribution >= 0.6 is 0 Å². The van der Waals surface area contributed by atoms with Crippen molar-refractivity contribution in [1.82, 2.24) is 9.21 Å². The van der Waals surface area contributed by atoms with Crippen LogP contribution in [0.4, 0.5) is 13.2 Å². The van der Waals surface area contributed by atoms with Crippen molar-refractivity contribution in [2.24, 2.45) is 0 Å². The van der Waals surface area contributed by atoms with Crippen LogP contribution < -0.4 is 4.74 Å². The maximum absolute atomic E-state index is 12.9. The zero-order valence-electron chi connectivity index (χ0n) is 15.3. The van der Waals surface area contributed by atoms with E-state index in [1.54, 1.807) is 24.3 Å². The molecule has 1 amide bonds. The van der Waals surface area contributed by atoms with Gasteiger partial charge in [0.2, 0.25) is 10.0 Å². The number of hydrogen-bond donors (Lipinski definition) is 0. The van der Waals surface area contributed by atoms with Crippen LogP contribution in [0.25, 0.3) is 0 Å². The summed E-state index contributed by atoms with van der Waals surface area (Å²) in [4.78, 5) is 13.3. The van der Waals surface area contributed by atoms with Crippen molar-refractivity contribution in [1.29, 1.82) is 0 Å². The van der Waals surface area contributed by atoms with Crippen LogP contribution in [0.1, 0.15) is 5.56 Å². The number of para-hydroxylation sites is 1. The molecule has 3 rings (SSSR count). The van der Waals surface area contributed by atoms with Crippen molar-refractivity contribution in [3.05, 3.63) is 60.2 Å². The molecule has 156 valence electrons. The molecule has 0 unspecified atom stereocenters. The average Bonchev–Trinajstić information content (AvgIpc) is 2.72. The van der Waals surface area contributed by atoms with Gasteiger partial charge in [-0.3, -0.25) is 4.79 Å². The molecule has 29 heavy (non-hydrogen) atoms. The number of halogens is 3. The zero-order valence-corrected chi connectivity index (χ0v) is 16.1. The van der Waals surface area contributed by atoms with Crippen LogP contribution in [0.3, 0.4) is 0 Å². The Bertz CT molecular complexity index is 957. The Morgan fingerprint density at radius 1 is 0.966 bits per heavy atom. The van der Waals surface area contributed by atoms with Crippen molar-refractivity contribution in [2.75, 3.05) is 32.8 Å². The largest absolute Gasteiger partial charge is 0.484 e. The second-order valence-corrected chi connectivity index (χ2v) is 8.35. The van der Waals surface area contributed by atoms with E-state index in [1.165, 1.54) is 4.90 Å². The first-order chi connectivity index (χ1) is 13.7. The lowest BCUT2D eigenvalue weighted by Gasteiger charge is -2.34. The molecule has 1 saturated heterocycles. The Kier molecular flexibility index (Phi) is 6.13. The molecule has 1 fully saturated rings. The third-order valence-electron chi connectivity index (χ3n) is 4.50. The first-order valence-corrected chi connectivity index (χ1v) is 10.2. The van der Waals surface area contributed by atoms with Crippen molar-refractivity contribution in [3.8, 4) is 5.75 Å². The summed E-state index contributed by atoms with van der Waals surface area (Å²) in [5.74, 6) is 0.261. The smallest absolute Gasteiger partial charge is 0.416 e. The van der Waals surface area contributed by atoms with E-state index < -0.39 is 26.7 Å². The van der Waals surface area contributed by atoms with Gasteiger partial charge < -0.3 is 9.64 Å². The average molecular weight is 428 g/mol. The molecule has 0 radical (unpaired) electrons. The number of ether oxygens (including phenoxy) is 1. The summed E-state index contributed by atoms with van der Waals surface area (Å²) >= 11 is 0. The fourth-order valence-corrected chi connectivity index (χ4v) is 4.38. The van der Waals surface area contributed by atoms with Gasteiger partial charge in [0.15, 0.2) is 6.61 Å². The number of alkyl halides is 3. The van der Waals surface area contributed by atoms with E-state index in [2.05, 4.69) is 0 Å². The van der Waals surface area contributed by atoms with Gasteiger partial charge in [-0.05, 0) is 30.3 Å². The van der Waals surface area contributed by atoms with Gasteiger partial charge in [0.05, 0.1) is 10.5 Å². The van der Waals surface area contributed by atoms with Gasteiger partial charge in [-0.25, -0.2) is 8.42 Å². The third-order valence-corrected chi connectivity index (χ3v) is 6.39. The van der Waals surface area contributed by atoms with Crippen LogP contribution in [-0.2, 0) is 21.0 Å². The molecular formula is C19H19F3N2O4S. The van der Waals surface area contributed by atoms with Gasteiger partial charge in [-0.15, -0.1) is 0 Å². The second kappa shape index (κ2) is 8.42. The Hall–Kier alpha value is -2.59. The number of nitrogens with zero attached hydrogens (tertiary/aromatic N) is 2. The highest BCUT2D eigenvalue weighted by Gasteiger charge is 2.34. The zero-order chi connectivity index (χ0) is 21.1. The first-order valence-electron chi connectivity index (χ1n) is 8.81. The quantitative estimate of drug-likeness (QED) is 0.735. The summed E-state index contributed by atoms with van der Waals surface area (Å²) in [6.07, 6.45) is -4.63. The van der Waals surface area contributed by atoms with E-state index in [0.717, 1.165) is 22.5 Å². The predicted molar refractivity (Wildman–Crippen MR) is 98.7 cm³/mol. The fraction of sp³-hybridized carbons (Fsp3) is 0.316. The summed E-state index contributed by atoms with van der Waals surface area (Å²) < 4.78 is 70.5. The number of carbonyl (C=O) groups is 1. The van der Waals surface area contributed by atoms with Crippen molar-refractivity contribution in [3.63, 3.8) is 0 Å². The molecule has 0 N–H and O–H groups in total. The Morgan fingerprint density at radius 2 is 1.62 bits per heavy atom. The lowest BCUT2D eigenvalue weighted by molar-refractivity contribution is -0.138. The van der Waals surface area contributed by atoms with E-state index in [0.29, 0.717) is 11.8 Å². The standard InChI is InChI=1S/C19H19F3N2O4S/c20-19(21,22)15-5-4-8-17(13-15)29(26,27)24-11-9-23(10-12-24)18(25)14-28-16-6-2-1-3-7-16/h1-8,13H,9-12,14H2. The van der Waals surface area contributed by atoms with E-state index in [-0.39, 0.29) is 38.7 Å². The van der Waals surface area contributed by atoms with E-state index in [1.807, 2.05) is 6.07 Å². The Labute approximate surface area is 166 Å². The highest BCUT2D eigenvalue weighted by atomic mass is 32.2. The molecule has 2 aromatic rings. The molecule has 1 aliphatic heterocycles. The number of rotatable bonds is 5. The molecule has 1 aliphatic rings. The van der Waals surface area contributed by atoms with Gasteiger partial charge in [0, 0.05) is 26.2 Å². The maximum Gasteiger partial charge on any atom is 0.416 e. The molecule has 1 heterocycles. The molecule has 0 aromatic heterocycles.